The Hall–Kier alpha value is -4.14. The highest BCUT2D eigenvalue weighted by Crippen LogP contribution is 2.32. The molecule has 0 spiro atoms. The molecule has 0 radical (unpaired) electrons. The van der Waals surface area contributed by atoms with E-state index in [-0.39, 0.29) is 30.5 Å². The predicted molar refractivity (Wildman–Crippen MR) is 122 cm³/mol. The second-order valence-electron chi connectivity index (χ2n) is 7.39. The molecule has 0 fully saturated rings. The van der Waals surface area contributed by atoms with Crippen LogP contribution in [0.15, 0.2) is 72.8 Å². The SMILES string of the molecule is CC(=O)NCCNC(=O)c1cccc(NC(=O)c2ccccc2-c2ccc(C(F)(F)F)cc2)c1. The number of halogens is 3. The van der Waals surface area contributed by atoms with Crippen LogP contribution in [0.3, 0.4) is 0 Å². The van der Waals surface area contributed by atoms with Crippen LogP contribution in [-0.4, -0.2) is 30.8 Å². The molecule has 3 amide bonds. The molecule has 0 aliphatic heterocycles. The summed E-state index contributed by atoms with van der Waals surface area (Å²) in [6, 6.07) is 17.5. The number of anilines is 1. The van der Waals surface area contributed by atoms with Crippen LogP contribution in [0.2, 0.25) is 0 Å². The van der Waals surface area contributed by atoms with E-state index in [1.165, 1.54) is 25.1 Å². The van der Waals surface area contributed by atoms with Gasteiger partial charge in [0.25, 0.3) is 11.8 Å². The van der Waals surface area contributed by atoms with Crippen molar-refractivity contribution in [2.75, 3.05) is 18.4 Å². The van der Waals surface area contributed by atoms with Crippen molar-refractivity contribution in [2.24, 2.45) is 0 Å². The molecule has 3 aromatic carbocycles. The molecule has 0 aliphatic carbocycles. The molecule has 0 heterocycles. The first-order valence-corrected chi connectivity index (χ1v) is 10.4. The van der Waals surface area contributed by atoms with Crippen molar-refractivity contribution in [3.05, 3.63) is 89.5 Å². The van der Waals surface area contributed by atoms with Gasteiger partial charge in [-0.05, 0) is 47.5 Å². The Labute approximate surface area is 194 Å². The maximum atomic E-state index is 13.0. The molecular weight excluding hydrogens is 447 g/mol. The monoisotopic (exact) mass is 469 g/mol. The maximum absolute atomic E-state index is 13.0. The summed E-state index contributed by atoms with van der Waals surface area (Å²) in [5.74, 6) is -1.04. The fraction of sp³-hybridized carbons (Fsp3) is 0.160. The Kier molecular flexibility index (Phi) is 7.68. The Morgan fingerprint density at radius 3 is 2.15 bits per heavy atom. The fourth-order valence-corrected chi connectivity index (χ4v) is 3.22. The van der Waals surface area contributed by atoms with Gasteiger partial charge in [0.05, 0.1) is 5.56 Å². The minimum Gasteiger partial charge on any atom is -0.355 e. The molecule has 0 bridgehead atoms. The van der Waals surface area contributed by atoms with Gasteiger partial charge in [0, 0.05) is 36.8 Å². The molecule has 0 aliphatic rings. The molecule has 3 aromatic rings. The summed E-state index contributed by atoms with van der Waals surface area (Å²) in [6.45, 7) is 1.91. The van der Waals surface area contributed by atoms with Gasteiger partial charge in [-0.15, -0.1) is 0 Å². The normalized spacial score (nSPS) is 10.9. The highest BCUT2D eigenvalue weighted by molar-refractivity contribution is 6.09. The zero-order valence-corrected chi connectivity index (χ0v) is 18.2. The second kappa shape index (κ2) is 10.7. The lowest BCUT2D eigenvalue weighted by atomic mass is 9.98. The van der Waals surface area contributed by atoms with E-state index in [4.69, 9.17) is 0 Å². The largest absolute Gasteiger partial charge is 0.416 e. The van der Waals surface area contributed by atoms with E-state index in [1.54, 1.807) is 42.5 Å². The first kappa shape index (κ1) is 24.5. The molecule has 176 valence electrons. The Morgan fingerprint density at radius 1 is 0.794 bits per heavy atom. The van der Waals surface area contributed by atoms with Gasteiger partial charge < -0.3 is 16.0 Å². The topological polar surface area (TPSA) is 87.3 Å². The zero-order valence-electron chi connectivity index (χ0n) is 18.2. The molecule has 34 heavy (non-hydrogen) atoms. The lowest BCUT2D eigenvalue weighted by Crippen LogP contribution is -2.33. The van der Waals surface area contributed by atoms with Gasteiger partial charge >= 0.3 is 6.18 Å². The summed E-state index contributed by atoms with van der Waals surface area (Å²) in [6.07, 6.45) is -4.45. The summed E-state index contributed by atoms with van der Waals surface area (Å²) in [4.78, 5) is 36.2. The number of carbonyl (C=O) groups excluding carboxylic acids is 3. The second-order valence-corrected chi connectivity index (χ2v) is 7.39. The number of nitrogens with one attached hydrogen (secondary N) is 3. The van der Waals surface area contributed by atoms with Crippen molar-refractivity contribution in [1.82, 2.24) is 10.6 Å². The average molecular weight is 469 g/mol. The quantitative estimate of drug-likeness (QED) is 0.446. The van der Waals surface area contributed by atoms with Gasteiger partial charge in [0.1, 0.15) is 0 Å². The molecule has 0 aromatic heterocycles. The van der Waals surface area contributed by atoms with E-state index in [0.29, 0.717) is 22.4 Å². The van der Waals surface area contributed by atoms with Gasteiger partial charge in [-0.3, -0.25) is 14.4 Å². The van der Waals surface area contributed by atoms with Crippen molar-refractivity contribution in [3.8, 4) is 11.1 Å². The molecule has 0 saturated heterocycles. The molecule has 0 unspecified atom stereocenters. The fourth-order valence-electron chi connectivity index (χ4n) is 3.22. The van der Waals surface area contributed by atoms with Crippen LogP contribution < -0.4 is 16.0 Å². The lowest BCUT2D eigenvalue weighted by molar-refractivity contribution is -0.137. The molecule has 6 nitrogen and oxygen atoms in total. The summed E-state index contributed by atoms with van der Waals surface area (Å²) < 4.78 is 38.6. The highest BCUT2D eigenvalue weighted by atomic mass is 19.4. The number of amides is 3. The smallest absolute Gasteiger partial charge is 0.355 e. The van der Waals surface area contributed by atoms with E-state index >= 15 is 0 Å². The molecular formula is C25H22F3N3O3. The average Bonchev–Trinajstić information content (AvgIpc) is 2.81. The van der Waals surface area contributed by atoms with Crippen molar-refractivity contribution in [2.45, 2.75) is 13.1 Å². The third-order valence-electron chi connectivity index (χ3n) is 4.86. The van der Waals surface area contributed by atoms with Crippen LogP contribution in [0.1, 0.15) is 33.2 Å². The van der Waals surface area contributed by atoms with E-state index < -0.39 is 17.6 Å². The minimum absolute atomic E-state index is 0.199. The number of rotatable bonds is 7. The van der Waals surface area contributed by atoms with Gasteiger partial charge in [0.15, 0.2) is 0 Å². The van der Waals surface area contributed by atoms with Crippen molar-refractivity contribution in [3.63, 3.8) is 0 Å². The molecule has 0 saturated carbocycles. The van der Waals surface area contributed by atoms with Crippen molar-refractivity contribution in [1.29, 1.82) is 0 Å². The van der Waals surface area contributed by atoms with Gasteiger partial charge in [-0.1, -0.05) is 36.4 Å². The number of carbonyl (C=O) groups is 3. The first-order valence-electron chi connectivity index (χ1n) is 10.4. The van der Waals surface area contributed by atoms with Crippen LogP contribution in [0.5, 0.6) is 0 Å². The summed E-state index contributed by atoms with van der Waals surface area (Å²) in [5, 5.41) is 7.96. The van der Waals surface area contributed by atoms with Gasteiger partial charge in [-0.2, -0.15) is 13.2 Å². The van der Waals surface area contributed by atoms with E-state index in [0.717, 1.165) is 12.1 Å². The van der Waals surface area contributed by atoms with Gasteiger partial charge in [-0.25, -0.2) is 0 Å². The van der Waals surface area contributed by atoms with E-state index in [1.807, 2.05) is 0 Å². The minimum atomic E-state index is -4.45. The zero-order chi connectivity index (χ0) is 24.7. The van der Waals surface area contributed by atoms with E-state index in [9.17, 15) is 27.6 Å². The number of alkyl halides is 3. The van der Waals surface area contributed by atoms with E-state index in [2.05, 4.69) is 16.0 Å². The third-order valence-corrected chi connectivity index (χ3v) is 4.86. The van der Waals surface area contributed by atoms with Crippen LogP contribution in [0.25, 0.3) is 11.1 Å². The predicted octanol–water partition coefficient (Wildman–Crippen LogP) is 4.49. The molecule has 9 heteroatoms. The summed E-state index contributed by atoms with van der Waals surface area (Å²) in [5.41, 5.74) is 1.13. The Balaban J connectivity index is 1.74. The highest BCUT2D eigenvalue weighted by Gasteiger charge is 2.30. The number of benzene rings is 3. The third kappa shape index (κ3) is 6.44. The molecule has 3 N–H and O–H groups in total. The summed E-state index contributed by atoms with van der Waals surface area (Å²) >= 11 is 0. The molecule has 3 rings (SSSR count). The van der Waals surface area contributed by atoms with Crippen molar-refractivity contribution >= 4 is 23.4 Å². The Bertz CT molecular complexity index is 1190. The van der Waals surface area contributed by atoms with Crippen LogP contribution >= 0.6 is 0 Å². The molecule has 0 atom stereocenters. The number of hydrogen-bond acceptors (Lipinski definition) is 3. The van der Waals surface area contributed by atoms with Gasteiger partial charge in [0.2, 0.25) is 5.91 Å². The van der Waals surface area contributed by atoms with Crippen LogP contribution in [-0.2, 0) is 11.0 Å². The Morgan fingerprint density at radius 2 is 1.47 bits per heavy atom. The van der Waals surface area contributed by atoms with Crippen LogP contribution in [0, 0.1) is 0 Å². The maximum Gasteiger partial charge on any atom is 0.416 e. The van der Waals surface area contributed by atoms with Crippen molar-refractivity contribution < 1.29 is 27.6 Å². The van der Waals surface area contributed by atoms with Crippen LogP contribution in [0.4, 0.5) is 18.9 Å². The summed E-state index contributed by atoms with van der Waals surface area (Å²) in [7, 11) is 0. The first-order chi connectivity index (χ1) is 16.1. The standard InChI is InChI=1S/C25H22F3N3O3/c1-16(32)29-13-14-30-23(33)18-5-4-6-20(15-18)31-24(34)22-8-3-2-7-21(22)17-9-11-19(12-10-17)25(26,27)28/h2-12,15H,13-14H2,1H3,(H,29,32)(H,30,33)(H,31,34). The lowest BCUT2D eigenvalue weighted by Gasteiger charge is -2.12. The number of hydrogen-bond donors (Lipinski definition) is 3.